The average Bonchev–Trinajstić information content (AvgIpc) is 2.47. The van der Waals surface area contributed by atoms with Gasteiger partial charge in [0.2, 0.25) is 10.0 Å². The molecular formula is C15H18N2O3S. The van der Waals surface area contributed by atoms with Crippen LogP contribution < -0.4 is 4.72 Å². The van der Waals surface area contributed by atoms with Crippen LogP contribution in [0.3, 0.4) is 0 Å². The number of phenolic OH excluding ortho intramolecular Hbond substituents is 1. The molecular weight excluding hydrogens is 288 g/mol. The van der Waals surface area contributed by atoms with Gasteiger partial charge in [-0.05, 0) is 31.0 Å². The molecule has 2 aromatic rings. The third-order valence-corrected chi connectivity index (χ3v) is 5.49. The molecule has 112 valence electrons. The van der Waals surface area contributed by atoms with E-state index in [0.29, 0.717) is 10.9 Å². The topological polar surface area (TPSA) is 79.3 Å². The summed E-state index contributed by atoms with van der Waals surface area (Å²) >= 11 is 0. The average molecular weight is 306 g/mol. The molecule has 5 nitrogen and oxygen atoms in total. The maximum atomic E-state index is 12.6. The first-order valence-corrected chi connectivity index (χ1v) is 8.65. The molecule has 0 radical (unpaired) electrons. The Bertz CT molecular complexity index is 753. The third kappa shape index (κ3) is 2.87. The number of pyridine rings is 1. The number of aromatic nitrogens is 1. The van der Waals surface area contributed by atoms with Crippen LogP contribution in [0.1, 0.15) is 32.1 Å². The van der Waals surface area contributed by atoms with Gasteiger partial charge in [0.25, 0.3) is 0 Å². The molecule has 1 saturated carbocycles. The number of hydrogen-bond acceptors (Lipinski definition) is 4. The molecule has 1 heterocycles. The maximum absolute atomic E-state index is 12.6. The van der Waals surface area contributed by atoms with E-state index in [9.17, 15) is 13.5 Å². The van der Waals surface area contributed by atoms with Crippen molar-refractivity contribution in [2.45, 2.75) is 43.0 Å². The summed E-state index contributed by atoms with van der Waals surface area (Å²) in [6, 6.07) is 6.53. The van der Waals surface area contributed by atoms with Crippen LogP contribution >= 0.6 is 0 Å². The molecule has 0 aliphatic heterocycles. The van der Waals surface area contributed by atoms with Crippen molar-refractivity contribution in [3.05, 3.63) is 30.5 Å². The largest absolute Gasteiger partial charge is 0.506 e. The summed E-state index contributed by atoms with van der Waals surface area (Å²) in [5, 5.41) is 10.7. The van der Waals surface area contributed by atoms with Crippen LogP contribution in [0.25, 0.3) is 10.9 Å². The standard InChI is InChI=1S/C15H18N2O3S/c18-13-9-8-11-5-4-10-16-14(11)15(13)21(19,20)17-12-6-2-1-3-7-12/h4-5,8-10,12,17-18H,1-3,6-7H2. The summed E-state index contributed by atoms with van der Waals surface area (Å²) in [7, 11) is -3.78. The molecule has 1 aromatic heterocycles. The van der Waals surface area contributed by atoms with Crippen molar-refractivity contribution in [2.24, 2.45) is 0 Å². The van der Waals surface area contributed by atoms with Crippen molar-refractivity contribution in [3.63, 3.8) is 0 Å². The molecule has 1 aliphatic rings. The highest BCUT2D eigenvalue weighted by Crippen LogP contribution is 2.30. The minimum atomic E-state index is -3.78. The highest BCUT2D eigenvalue weighted by Gasteiger charge is 2.26. The van der Waals surface area contributed by atoms with Crippen LogP contribution in [0.5, 0.6) is 5.75 Å². The number of rotatable bonds is 3. The lowest BCUT2D eigenvalue weighted by Gasteiger charge is -2.23. The molecule has 2 N–H and O–H groups in total. The van der Waals surface area contributed by atoms with Gasteiger partial charge in [-0.3, -0.25) is 4.98 Å². The van der Waals surface area contributed by atoms with Crippen molar-refractivity contribution < 1.29 is 13.5 Å². The predicted octanol–water partition coefficient (Wildman–Crippen LogP) is 2.55. The van der Waals surface area contributed by atoms with E-state index in [0.717, 1.165) is 32.1 Å². The number of nitrogens with zero attached hydrogens (tertiary/aromatic N) is 1. The Morgan fingerprint density at radius 3 is 2.67 bits per heavy atom. The van der Waals surface area contributed by atoms with E-state index in [2.05, 4.69) is 9.71 Å². The molecule has 1 fully saturated rings. The van der Waals surface area contributed by atoms with E-state index in [1.165, 1.54) is 12.3 Å². The Morgan fingerprint density at radius 1 is 1.14 bits per heavy atom. The Balaban J connectivity index is 2.03. The lowest BCUT2D eigenvalue weighted by molar-refractivity contribution is 0.410. The second-order valence-electron chi connectivity index (χ2n) is 5.45. The van der Waals surface area contributed by atoms with Gasteiger partial charge >= 0.3 is 0 Å². The van der Waals surface area contributed by atoms with Crippen LogP contribution in [0.4, 0.5) is 0 Å². The number of nitrogens with one attached hydrogen (secondary N) is 1. The van der Waals surface area contributed by atoms with E-state index < -0.39 is 10.0 Å². The molecule has 21 heavy (non-hydrogen) atoms. The van der Waals surface area contributed by atoms with Crippen molar-refractivity contribution in [2.75, 3.05) is 0 Å². The Labute approximate surface area is 124 Å². The van der Waals surface area contributed by atoms with Gasteiger partial charge in [0, 0.05) is 17.6 Å². The second kappa shape index (κ2) is 5.61. The fraction of sp³-hybridized carbons (Fsp3) is 0.400. The van der Waals surface area contributed by atoms with E-state index in [1.807, 2.05) is 0 Å². The maximum Gasteiger partial charge on any atom is 0.246 e. The minimum Gasteiger partial charge on any atom is -0.506 e. The van der Waals surface area contributed by atoms with Gasteiger partial charge in [0.15, 0.2) is 0 Å². The number of aromatic hydroxyl groups is 1. The van der Waals surface area contributed by atoms with Crippen LogP contribution in [-0.2, 0) is 10.0 Å². The summed E-state index contributed by atoms with van der Waals surface area (Å²) in [6.07, 6.45) is 6.44. The second-order valence-corrected chi connectivity index (χ2v) is 7.10. The monoisotopic (exact) mass is 306 g/mol. The molecule has 0 saturated heterocycles. The third-order valence-electron chi connectivity index (χ3n) is 3.90. The number of benzene rings is 1. The summed E-state index contributed by atoms with van der Waals surface area (Å²) in [4.78, 5) is 4.00. The first-order chi connectivity index (χ1) is 10.1. The van der Waals surface area contributed by atoms with Gasteiger partial charge in [0.1, 0.15) is 10.6 Å². The van der Waals surface area contributed by atoms with E-state index >= 15 is 0 Å². The van der Waals surface area contributed by atoms with Gasteiger partial charge < -0.3 is 5.11 Å². The lowest BCUT2D eigenvalue weighted by Crippen LogP contribution is -2.36. The number of sulfonamides is 1. The van der Waals surface area contributed by atoms with E-state index in [-0.39, 0.29) is 16.7 Å². The van der Waals surface area contributed by atoms with Gasteiger partial charge in [-0.15, -0.1) is 0 Å². The van der Waals surface area contributed by atoms with Crippen molar-refractivity contribution in [3.8, 4) is 5.75 Å². The molecule has 0 atom stereocenters. The summed E-state index contributed by atoms with van der Waals surface area (Å²) in [6.45, 7) is 0. The number of fused-ring (bicyclic) bond motifs is 1. The predicted molar refractivity (Wildman–Crippen MR) is 80.6 cm³/mol. The highest BCUT2D eigenvalue weighted by molar-refractivity contribution is 7.89. The Kier molecular flexibility index (Phi) is 3.82. The molecule has 0 spiro atoms. The van der Waals surface area contributed by atoms with E-state index in [1.54, 1.807) is 18.2 Å². The van der Waals surface area contributed by atoms with Gasteiger partial charge in [0.05, 0.1) is 5.52 Å². The smallest absolute Gasteiger partial charge is 0.246 e. The normalized spacial score (nSPS) is 17.1. The zero-order chi connectivity index (χ0) is 14.9. The summed E-state index contributed by atoms with van der Waals surface area (Å²) in [5.74, 6) is -0.260. The van der Waals surface area contributed by atoms with Crippen molar-refractivity contribution in [1.82, 2.24) is 9.71 Å². The Hall–Kier alpha value is -1.66. The quantitative estimate of drug-likeness (QED) is 0.913. The zero-order valence-electron chi connectivity index (χ0n) is 11.6. The lowest BCUT2D eigenvalue weighted by atomic mass is 9.96. The van der Waals surface area contributed by atoms with E-state index in [4.69, 9.17) is 0 Å². The summed E-state index contributed by atoms with van der Waals surface area (Å²) < 4.78 is 28.0. The molecule has 1 aromatic carbocycles. The minimum absolute atomic E-state index is 0.0536. The molecule has 1 aliphatic carbocycles. The molecule has 0 unspecified atom stereocenters. The Morgan fingerprint density at radius 2 is 1.90 bits per heavy atom. The first-order valence-electron chi connectivity index (χ1n) is 7.17. The number of phenols is 1. The highest BCUT2D eigenvalue weighted by atomic mass is 32.2. The summed E-state index contributed by atoms with van der Waals surface area (Å²) in [5.41, 5.74) is 0.306. The zero-order valence-corrected chi connectivity index (χ0v) is 12.4. The molecule has 0 amide bonds. The molecule has 6 heteroatoms. The van der Waals surface area contributed by atoms with Gasteiger partial charge in [-0.25, -0.2) is 13.1 Å². The van der Waals surface area contributed by atoms with Crippen LogP contribution in [-0.4, -0.2) is 24.6 Å². The van der Waals surface area contributed by atoms with Crippen LogP contribution in [0, 0.1) is 0 Å². The van der Waals surface area contributed by atoms with Gasteiger partial charge in [-0.2, -0.15) is 0 Å². The molecule has 3 rings (SSSR count). The fourth-order valence-corrected chi connectivity index (χ4v) is 4.43. The van der Waals surface area contributed by atoms with Crippen molar-refractivity contribution >= 4 is 20.9 Å². The van der Waals surface area contributed by atoms with Crippen LogP contribution in [0.2, 0.25) is 0 Å². The van der Waals surface area contributed by atoms with Crippen LogP contribution in [0.15, 0.2) is 35.4 Å². The fourth-order valence-electron chi connectivity index (χ4n) is 2.87. The van der Waals surface area contributed by atoms with Gasteiger partial charge in [-0.1, -0.05) is 25.3 Å². The first kappa shape index (κ1) is 14.3. The number of hydrogen-bond donors (Lipinski definition) is 2. The van der Waals surface area contributed by atoms with Crippen molar-refractivity contribution in [1.29, 1.82) is 0 Å². The SMILES string of the molecule is O=S(=O)(NC1CCCCC1)c1c(O)ccc2cccnc12. The molecule has 0 bridgehead atoms.